The molecule has 0 bridgehead atoms. The Labute approximate surface area is 104 Å². The molecule has 0 aliphatic heterocycles. The molecule has 0 fully saturated rings. The van der Waals surface area contributed by atoms with Gasteiger partial charge in [-0.1, -0.05) is 11.3 Å². The number of nitrogen functional groups attached to an aromatic ring is 1. The van der Waals surface area contributed by atoms with Gasteiger partial charge in [-0.3, -0.25) is 10.1 Å². The van der Waals surface area contributed by atoms with Crippen molar-refractivity contribution in [3.05, 3.63) is 33.9 Å². The fourth-order valence-electron chi connectivity index (χ4n) is 1.09. The number of halogens is 1. The van der Waals surface area contributed by atoms with E-state index in [9.17, 15) is 4.79 Å². The largest absolute Gasteiger partial charge is 0.383 e. The highest BCUT2D eigenvalue weighted by Crippen LogP contribution is 2.23. The van der Waals surface area contributed by atoms with Crippen LogP contribution in [0.4, 0.5) is 10.9 Å². The molecule has 0 aromatic carbocycles. The lowest BCUT2D eigenvalue weighted by Crippen LogP contribution is -2.14. The van der Waals surface area contributed by atoms with E-state index in [1.54, 1.807) is 18.3 Å². The van der Waals surface area contributed by atoms with Crippen LogP contribution in [0.25, 0.3) is 0 Å². The molecule has 2 aromatic rings. The van der Waals surface area contributed by atoms with Crippen LogP contribution in [-0.2, 0) is 0 Å². The molecular weight excluding hydrogens is 292 g/mol. The summed E-state index contributed by atoms with van der Waals surface area (Å²) in [7, 11) is 0. The molecule has 82 valence electrons. The maximum atomic E-state index is 11.8. The maximum Gasteiger partial charge on any atom is 0.261 e. The molecule has 3 N–H and O–H groups in total. The quantitative estimate of drug-likeness (QED) is 0.890. The molecule has 0 atom stereocenters. The van der Waals surface area contributed by atoms with Crippen LogP contribution in [0.2, 0.25) is 0 Å². The first-order valence-corrected chi connectivity index (χ1v) is 5.91. The highest BCUT2D eigenvalue weighted by atomic mass is 79.9. The van der Waals surface area contributed by atoms with E-state index in [-0.39, 0.29) is 11.7 Å². The number of rotatable bonds is 2. The first-order chi connectivity index (χ1) is 7.66. The summed E-state index contributed by atoms with van der Waals surface area (Å²) in [5.74, 6) is -0.108. The molecule has 0 unspecified atom stereocenters. The van der Waals surface area contributed by atoms with Gasteiger partial charge in [-0.05, 0) is 28.1 Å². The highest BCUT2D eigenvalue weighted by Gasteiger charge is 2.11. The van der Waals surface area contributed by atoms with Crippen molar-refractivity contribution in [3.8, 4) is 0 Å². The lowest BCUT2D eigenvalue weighted by atomic mass is 10.2. The van der Waals surface area contributed by atoms with Gasteiger partial charge in [-0.25, -0.2) is 9.97 Å². The summed E-state index contributed by atoms with van der Waals surface area (Å²) in [6.07, 6.45) is 3.15. The number of hydrogen-bond acceptors (Lipinski definition) is 5. The third-order valence-electron chi connectivity index (χ3n) is 1.78. The van der Waals surface area contributed by atoms with Gasteiger partial charge in [-0.2, -0.15) is 0 Å². The topological polar surface area (TPSA) is 80.9 Å². The van der Waals surface area contributed by atoms with E-state index in [4.69, 9.17) is 5.73 Å². The smallest absolute Gasteiger partial charge is 0.261 e. The SMILES string of the molecule is Nc1ncccc1C(=O)Nc1ncc(Br)s1. The van der Waals surface area contributed by atoms with Crippen LogP contribution in [0.1, 0.15) is 10.4 Å². The van der Waals surface area contributed by atoms with E-state index in [0.717, 1.165) is 3.79 Å². The molecule has 0 aliphatic rings. The molecule has 0 aliphatic carbocycles. The Bertz CT molecular complexity index is 528. The number of pyridine rings is 1. The number of aromatic nitrogens is 2. The number of anilines is 2. The van der Waals surface area contributed by atoms with Crippen LogP contribution >= 0.6 is 27.3 Å². The second-order valence-corrected chi connectivity index (χ2v) is 5.27. The predicted octanol–water partition coefficient (Wildman–Crippen LogP) is 2.14. The summed E-state index contributed by atoms with van der Waals surface area (Å²) in [5, 5.41) is 3.15. The van der Waals surface area contributed by atoms with Crippen molar-refractivity contribution < 1.29 is 4.79 Å². The first kappa shape index (κ1) is 11.0. The van der Waals surface area contributed by atoms with Crippen LogP contribution in [-0.4, -0.2) is 15.9 Å². The van der Waals surface area contributed by atoms with Gasteiger partial charge in [0.05, 0.1) is 15.5 Å². The number of nitrogens with zero attached hydrogens (tertiary/aromatic N) is 2. The van der Waals surface area contributed by atoms with Crippen LogP contribution in [0.5, 0.6) is 0 Å². The molecule has 1 amide bonds. The molecule has 2 rings (SSSR count). The van der Waals surface area contributed by atoms with Crippen molar-refractivity contribution >= 4 is 44.1 Å². The number of carbonyl (C=O) groups excluding carboxylic acids is 1. The minimum Gasteiger partial charge on any atom is -0.383 e. The average Bonchev–Trinajstić information content (AvgIpc) is 2.64. The number of nitrogens with two attached hydrogens (primary N) is 1. The molecule has 2 heterocycles. The van der Waals surface area contributed by atoms with Crippen LogP contribution in [0, 0.1) is 0 Å². The molecule has 0 saturated carbocycles. The second kappa shape index (κ2) is 4.58. The monoisotopic (exact) mass is 298 g/mol. The molecule has 5 nitrogen and oxygen atoms in total. The lowest BCUT2D eigenvalue weighted by molar-refractivity contribution is 0.102. The molecule has 0 saturated heterocycles. The summed E-state index contributed by atoms with van der Waals surface area (Å²) < 4.78 is 0.849. The maximum absolute atomic E-state index is 11.8. The Kier molecular flexibility index (Phi) is 3.16. The molecule has 0 spiro atoms. The first-order valence-electron chi connectivity index (χ1n) is 4.30. The predicted molar refractivity (Wildman–Crippen MR) is 66.4 cm³/mol. The Hall–Kier alpha value is -1.47. The fourth-order valence-corrected chi connectivity index (χ4v) is 2.19. The van der Waals surface area contributed by atoms with E-state index in [2.05, 4.69) is 31.2 Å². The van der Waals surface area contributed by atoms with Gasteiger partial charge in [0.25, 0.3) is 5.91 Å². The zero-order valence-electron chi connectivity index (χ0n) is 7.98. The zero-order chi connectivity index (χ0) is 11.5. The minimum absolute atomic E-state index is 0.204. The Morgan fingerprint density at radius 1 is 1.50 bits per heavy atom. The number of thiazole rings is 1. The standard InChI is InChI=1S/C9H7BrN4OS/c10-6-4-13-9(16-6)14-8(15)5-2-1-3-12-7(5)11/h1-4H,(H2,11,12)(H,13,14,15). The van der Waals surface area contributed by atoms with Crippen molar-refractivity contribution in [2.45, 2.75) is 0 Å². The average molecular weight is 299 g/mol. The van der Waals surface area contributed by atoms with Crippen LogP contribution in [0.3, 0.4) is 0 Å². The fraction of sp³-hybridized carbons (Fsp3) is 0. The molecule has 7 heteroatoms. The Morgan fingerprint density at radius 2 is 2.31 bits per heavy atom. The third-order valence-corrected chi connectivity index (χ3v) is 3.17. The second-order valence-electron chi connectivity index (χ2n) is 2.86. The minimum atomic E-state index is -0.313. The van der Waals surface area contributed by atoms with Gasteiger partial charge in [0.1, 0.15) is 5.82 Å². The van der Waals surface area contributed by atoms with Gasteiger partial charge in [-0.15, -0.1) is 0 Å². The van der Waals surface area contributed by atoms with Gasteiger partial charge >= 0.3 is 0 Å². The van der Waals surface area contributed by atoms with Crippen LogP contribution < -0.4 is 11.1 Å². The van der Waals surface area contributed by atoms with E-state index in [1.165, 1.54) is 17.5 Å². The van der Waals surface area contributed by atoms with E-state index < -0.39 is 0 Å². The summed E-state index contributed by atoms with van der Waals surface area (Å²) >= 11 is 4.59. The van der Waals surface area contributed by atoms with Crippen molar-refractivity contribution in [2.75, 3.05) is 11.1 Å². The van der Waals surface area contributed by atoms with E-state index >= 15 is 0 Å². The molecule has 2 aromatic heterocycles. The summed E-state index contributed by atoms with van der Waals surface area (Å²) in [5.41, 5.74) is 5.92. The number of carbonyl (C=O) groups is 1. The van der Waals surface area contributed by atoms with Gasteiger partial charge < -0.3 is 5.73 Å². The number of hydrogen-bond donors (Lipinski definition) is 2. The van der Waals surface area contributed by atoms with Crippen molar-refractivity contribution in [1.29, 1.82) is 0 Å². The van der Waals surface area contributed by atoms with Gasteiger partial charge in [0.2, 0.25) is 0 Å². The van der Waals surface area contributed by atoms with Crippen molar-refractivity contribution in [2.24, 2.45) is 0 Å². The van der Waals surface area contributed by atoms with Crippen molar-refractivity contribution in [1.82, 2.24) is 9.97 Å². The number of nitrogens with one attached hydrogen (secondary N) is 1. The van der Waals surface area contributed by atoms with E-state index in [0.29, 0.717) is 10.7 Å². The molecule has 16 heavy (non-hydrogen) atoms. The van der Waals surface area contributed by atoms with Gasteiger partial charge in [0.15, 0.2) is 5.13 Å². The summed E-state index contributed by atoms with van der Waals surface area (Å²) in [4.78, 5) is 19.6. The highest BCUT2D eigenvalue weighted by molar-refractivity contribution is 9.11. The van der Waals surface area contributed by atoms with E-state index in [1.807, 2.05) is 0 Å². The molecule has 0 radical (unpaired) electrons. The summed E-state index contributed by atoms with van der Waals surface area (Å²) in [6, 6.07) is 3.27. The summed E-state index contributed by atoms with van der Waals surface area (Å²) in [6.45, 7) is 0. The van der Waals surface area contributed by atoms with Crippen molar-refractivity contribution in [3.63, 3.8) is 0 Å². The number of amides is 1. The lowest BCUT2D eigenvalue weighted by Gasteiger charge is -2.03. The third kappa shape index (κ3) is 2.37. The Balaban J connectivity index is 2.18. The normalized spacial score (nSPS) is 10.1. The van der Waals surface area contributed by atoms with Crippen LogP contribution in [0.15, 0.2) is 28.3 Å². The van der Waals surface area contributed by atoms with Gasteiger partial charge in [0, 0.05) is 6.20 Å². The Morgan fingerprint density at radius 3 is 2.94 bits per heavy atom. The zero-order valence-corrected chi connectivity index (χ0v) is 10.4. The molecular formula is C9H7BrN4OS.